The van der Waals surface area contributed by atoms with Gasteiger partial charge in [-0.05, 0) is 6.42 Å². The highest BCUT2D eigenvalue weighted by Gasteiger charge is 2.32. The number of nitrogens with zero attached hydrogens (tertiary/aromatic N) is 1. The van der Waals surface area contributed by atoms with Crippen molar-refractivity contribution >= 4 is 15.8 Å². The highest BCUT2D eigenvalue weighted by atomic mass is 32.2. The molecule has 0 aliphatic rings. The van der Waals surface area contributed by atoms with Crippen LogP contribution in [-0.2, 0) is 20.4 Å². The standard InChI is InChI=1S/C12H17NO6S/c1-4-10(12(14)15)20(16,17)7-8-11(19-3)9(18-2)5-6-13-8/h5-6,10H,4,7H2,1-3H3,(H,14,15). The quantitative estimate of drug-likeness (QED) is 0.797. The maximum Gasteiger partial charge on any atom is 0.321 e. The van der Waals surface area contributed by atoms with Crippen LogP contribution < -0.4 is 9.47 Å². The number of hydrogen-bond acceptors (Lipinski definition) is 6. The van der Waals surface area contributed by atoms with Gasteiger partial charge >= 0.3 is 5.97 Å². The van der Waals surface area contributed by atoms with Crippen LogP contribution in [0.5, 0.6) is 11.5 Å². The third kappa shape index (κ3) is 3.38. The molecule has 7 nitrogen and oxygen atoms in total. The van der Waals surface area contributed by atoms with Crippen molar-refractivity contribution < 1.29 is 27.8 Å². The van der Waals surface area contributed by atoms with E-state index in [0.29, 0.717) is 5.75 Å². The van der Waals surface area contributed by atoms with Gasteiger partial charge in [0.1, 0.15) is 5.69 Å². The minimum Gasteiger partial charge on any atom is -0.493 e. The van der Waals surface area contributed by atoms with Crippen LogP contribution >= 0.6 is 0 Å². The number of hydrogen-bond donors (Lipinski definition) is 1. The molecule has 1 N–H and O–H groups in total. The van der Waals surface area contributed by atoms with E-state index in [-0.39, 0.29) is 17.9 Å². The van der Waals surface area contributed by atoms with E-state index in [1.807, 2.05) is 0 Å². The van der Waals surface area contributed by atoms with Crippen LogP contribution in [0.1, 0.15) is 19.0 Å². The zero-order chi connectivity index (χ0) is 15.3. The van der Waals surface area contributed by atoms with E-state index in [1.165, 1.54) is 33.4 Å². The minimum atomic E-state index is -3.88. The zero-order valence-corrected chi connectivity index (χ0v) is 12.3. The van der Waals surface area contributed by atoms with Crippen LogP contribution in [0, 0.1) is 0 Å². The van der Waals surface area contributed by atoms with Crippen molar-refractivity contribution in [3.63, 3.8) is 0 Å². The number of carbonyl (C=O) groups is 1. The monoisotopic (exact) mass is 303 g/mol. The lowest BCUT2D eigenvalue weighted by atomic mass is 10.3. The smallest absolute Gasteiger partial charge is 0.321 e. The van der Waals surface area contributed by atoms with E-state index in [1.54, 1.807) is 0 Å². The second-order valence-corrected chi connectivity index (χ2v) is 6.22. The number of rotatable bonds is 7. The van der Waals surface area contributed by atoms with Gasteiger partial charge in [-0.15, -0.1) is 0 Å². The average Bonchev–Trinajstić information content (AvgIpc) is 2.37. The van der Waals surface area contributed by atoms with Crippen molar-refractivity contribution in [2.24, 2.45) is 0 Å². The molecule has 0 aromatic carbocycles. The van der Waals surface area contributed by atoms with Gasteiger partial charge in [0, 0.05) is 12.3 Å². The number of ether oxygens (including phenoxy) is 2. The molecule has 8 heteroatoms. The predicted molar refractivity (Wildman–Crippen MR) is 71.7 cm³/mol. The Kier molecular flexibility index (Phi) is 5.32. The van der Waals surface area contributed by atoms with Crippen LogP contribution in [0.15, 0.2) is 12.3 Å². The van der Waals surface area contributed by atoms with Gasteiger partial charge in [-0.2, -0.15) is 0 Å². The summed E-state index contributed by atoms with van der Waals surface area (Å²) in [5.74, 6) is -1.35. The third-order valence-electron chi connectivity index (χ3n) is 2.78. The SMILES string of the molecule is CCC(C(=O)O)S(=O)(=O)Cc1nccc(OC)c1OC. The molecule has 0 fully saturated rings. The summed E-state index contributed by atoms with van der Waals surface area (Å²) >= 11 is 0. The Morgan fingerprint density at radius 2 is 2.05 bits per heavy atom. The molecule has 1 atom stereocenters. The van der Waals surface area contributed by atoms with Gasteiger partial charge in [-0.1, -0.05) is 6.92 Å². The summed E-state index contributed by atoms with van der Waals surface area (Å²) < 4.78 is 34.4. The van der Waals surface area contributed by atoms with E-state index in [4.69, 9.17) is 14.6 Å². The van der Waals surface area contributed by atoms with Gasteiger partial charge in [-0.3, -0.25) is 9.78 Å². The molecule has 1 aromatic rings. The molecule has 0 spiro atoms. The molecule has 1 heterocycles. The lowest BCUT2D eigenvalue weighted by Gasteiger charge is -2.14. The molecule has 0 bridgehead atoms. The largest absolute Gasteiger partial charge is 0.493 e. The van der Waals surface area contributed by atoms with Crippen molar-refractivity contribution in [3.8, 4) is 11.5 Å². The number of sulfone groups is 1. The summed E-state index contributed by atoms with van der Waals surface area (Å²) in [6.45, 7) is 1.51. The summed E-state index contributed by atoms with van der Waals surface area (Å²) in [6, 6.07) is 1.53. The average molecular weight is 303 g/mol. The number of aliphatic carboxylic acids is 1. The van der Waals surface area contributed by atoms with Crippen molar-refractivity contribution in [1.29, 1.82) is 0 Å². The first kappa shape index (κ1) is 16.2. The second-order valence-electron chi connectivity index (χ2n) is 4.04. The number of carboxylic acids is 1. The Morgan fingerprint density at radius 1 is 1.40 bits per heavy atom. The van der Waals surface area contributed by atoms with Gasteiger partial charge in [-0.25, -0.2) is 8.42 Å². The van der Waals surface area contributed by atoms with Gasteiger partial charge in [0.15, 0.2) is 26.6 Å². The Morgan fingerprint density at radius 3 is 2.50 bits per heavy atom. The fourth-order valence-corrected chi connectivity index (χ4v) is 3.43. The molecule has 0 aliphatic carbocycles. The van der Waals surface area contributed by atoms with Gasteiger partial charge < -0.3 is 14.6 Å². The zero-order valence-electron chi connectivity index (χ0n) is 11.5. The molecule has 0 radical (unpaired) electrons. The van der Waals surface area contributed by atoms with Crippen molar-refractivity contribution in [1.82, 2.24) is 4.98 Å². The minimum absolute atomic E-state index is 0.00997. The van der Waals surface area contributed by atoms with Crippen LogP contribution in [0.25, 0.3) is 0 Å². The fraction of sp³-hybridized carbons (Fsp3) is 0.500. The summed E-state index contributed by atoms with van der Waals surface area (Å²) in [6.07, 6.45) is 1.37. The normalized spacial score (nSPS) is 12.8. The number of aromatic nitrogens is 1. The first-order valence-electron chi connectivity index (χ1n) is 5.87. The molecule has 20 heavy (non-hydrogen) atoms. The Hall–Kier alpha value is -1.83. The van der Waals surface area contributed by atoms with Crippen molar-refractivity contribution in [2.75, 3.05) is 14.2 Å². The second kappa shape index (κ2) is 6.56. The Labute approximate surface area is 117 Å². The van der Waals surface area contributed by atoms with E-state index >= 15 is 0 Å². The molecule has 112 valence electrons. The molecule has 0 saturated carbocycles. The van der Waals surface area contributed by atoms with Gasteiger partial charge in [0.25, 0.3) is 0 Å². The fourth-order valence-electron chi connectivity index (χ4n) is 1.83. The summed E-state index contributed by atoms with van der Waals surface area (Å²) in [5.41, 5.74) is 0.131. The lowest BCUT2D eigenvalue weighted by Crippen LogP contribution is -2.30. The van der Waals surface area contributed by atoms with Crippen LogP contribution in [-0.4, -0.2) is 43.9 Å². The maximum absolute atomic E-state index is 12.1. The summed E-state index contributed by atoms with van der Waals surface area (Å²) in [7, 11) is -1.10. The molecular weight excluding hydrogens is 286 g/mol. The molecule has 0 saturated heterocycles. The first-order chi connectivity index (χ1) is 9.37. The van der Waals surface area contributed by atoms with Crippen LogP contribution in [0.2, 0.25) is 0 Å². The van der Waals surface area contributed by atoms with Crippen LogP contribution in [0.3, 0.4) is 0 Å². The molecule has 0 aliphatic heterocycles. The molecule has 1 rings (SSSR count). The highest BCUT2D eigenvalue weighted by molar-refractivity contribution is 7.92. The lowest BCUT2D eigenvalue weighted by molar-refractivity contribution is -0.136. The predicted octanol–water partition coefficient (Wildman–Crippen LogP) is 0.877. The van der Waals surface area contributed by atoms with E-state index in [9.17, 15) is 13.2 Å². The van der Waals surface area contributed by atoms with E-state index in [2.05, 4.69) is 4.98 Å². The van der Waals surface area contributed by atoms with E-state index in [0.717, 1.165) is 0 Å². The molecule has 1 aromatic heterocycles. The number of carboxylic acid groups (broad SMARTS) is 1. The molecule has 0 amide bonds. The first-order valence-corrected chi connectivity index (χ1v) is 7.59. The maximum atomic E-state index is 12.1. The van der Waals surface area contributed by atoms with Gasteiger partial charge in [0.2, 0.25) is 0 Å². The number of pyridine rings is 1. The highest BCUT2D eigenvalue weighted by Crippen LogP contribution is 2.30. The summed E-state index contributed by atoms with van der Waals surface area (Å²) in [5, 5.41) is 7.50. The molecular formula is C12H17NO6S. The van der Waals surface area contributed by atoms with E-state index < -0.39 is 26.8 Å². The third-order valence-corrected chi connectivity index (χ3v) is 4.86. The van der Waals surface area contributed by atoms with Crippen molar-refractivity contribution in [2.45, 2.75) is 24.3 Å². The molecule has 1 unspecified atom stereocenters. The Balaban J connectivity index is 3.19. The topological polar surface area (TPSA) is 103 Å². The van der Waals surface area contributed by atoms with Crippen molar-refractivity contribution in [3.05, 3.63) is 18.0 Å². The Bertz CT molecular complexity index is 584. The summed E-state index contributed by atoms with van der Waals surface area (Å²) in [4.78, 5) is 14.9. The van der Waals surface area contributed by atoms with Crippen LogP contribution in [0.4, 0.5) is 0 Å². The number of methoxy groups -OCH3 is 2. The van der Waals surface area contributed by atoms with Gasteiger partial charge in [0.05, 0.1) is 20.0 Å².